The summed E-state index contributed by atoms with van der Waals surface area (Å²) in [7, 11) is 1.68. The van der Waals surface area contributed by atoms with E-state index < -0.39 is 5.95 Å². The lowest BCUT2D eigenvalue weighted by Gasteiger charge is -2.17. The smallest absolute Gasteiger partial charge is 0.218 e. The number of hydrogen-bond acceptors (Lipinski definition) is 3. The van der Waals surface area contributed by atoms with Gasteiger partial charge in [-0.2, -0.15) is 4.39 Å². The monoisotopic (exact) mass is 221 g/mol. The predicted octanol–water partition coefficient (Wildman–Crippen LogP) is 2.52. The third-order valence-corrected chi connectivity index (χ3v) is 2.16. The quantitative estimate of drug-likeness (QED) is 0.729. The van der Waals surface area contributed by atoms with Crippen LogP contribution in [-0.4, -0.2) is 17.0 Å². The van der Waals surface area contributed by atoms with Crippen LogP contribution in [0, 0.1) is 11.8 Å². The Morgan fingerprint density at radius 1 is 1.12 bits per heavy atom. The molecule has 0 unspecified atom stereocenters. The maximum atomic E-state index is 13.0. The van der Waals surface area contributed by atoms with Gasteiger partial charge in [-0.05, 0) is 18.2 Å². The second-order valence-electron chi connectivity index (χ2n) is 3.24. The highest BCUT2D eigenvalue weighted by Gasteiger charge is 2.07. The topological polar surface area (TPSA) is 29.0 Å². The number of benzene rings is 1. The zero-order chi connectivity index (χ0) is 11.5. The van der Waals surface area contributed by atoms with Crippen molar-refractivity contribution in [3.63, 3.8) is 0 Å². The zero-order valence-electron chi connectivity index (χ0n) is 8.56. The van der Waals surface area contributed by atoms with Gasteiger partial charge < -0.3 is 4.90 Å². The molecule has 3 nitrogen and oxygen atoms in total. The number of aromatic nitrogens is 2. The molecule has 16 heavy (non-hydrogen) atoms. The second-order valence-corrected chi connectivity index (χ2v) is 3.24. The molecular weight excluding hydrogens is 212 g/mol. The van der Waals surface area contributed by atoms with Crippen molar-refractivity contribution in [3.8, 4) is 0 Å². The van der Waals surface area contributed by atoms with Crippen LogP contribution in [0.25, 0.3) is 0 Å². The van der Waals surface area contributed by atoms with Gasteiger partial charge in [0.05, 0.1) is 0 Å². The van der Waals surface area contributed by atoms with E-state index >= 15 is 0 Å². The van der Waals surface area contributed by atoms with Crippen LogP contribution >= 0.6 is 0 Å². The Kier molecular flexibility index (Phi) is 2.76. The van der Waals surface area contributed by atoms with Crippen molar-refractivity contribution in [3.05, 3.63) is 48.4 Å². The highest BCUT2D eigenvalue weighted by molar-refractivity contribution is 5.58. The molecule has 0 saturated carbocycles. The molecule has 0 aliphatic rings. The first-order valence-electron chi connectivity index (χ1n) is 4.63. The van der Waals surface area contributed by atoms with E-state index in [1.54, 1.807) is 24.1 Å². The molecule has 2 rings (SSSR count). The largest absolute Gasteiger partial charge is 0.329 e. The van der Waals surface area contributed by atoms with E-state index in [-0.39, 0.29) is 5.82 Å². The summed E-state index contributed by atoms with van der Waals surface area (Å²) in [6, 6.07) is 7.17. The summed E-state index contributed by atoms with van der Waals surface area (Å²) in [4.78, 5) is 8.83. The highest BCUT2D eigenvalue weighted by Crippen LogP contribution is 2.21. The number of hydrogen-bond donors (Lipinski definition) is 0. The average Bonchev–Trinajstić information content (AvgIpc) is 2.28. The molecular formula is C11H9F2N3. The SMILES string of the molecule is CN(c1cccc(F)c1)c1cc(F)ncn1. The van der Waals surface area contributed by atoms with E-state index in [1.165, 1.54) is 18.2 Å². The lowest BCUT2D eigenvalue weighted by molar-refractivity contribution is 0.579. The van der Waals surface area contributed by atoms with Gasteiger partial charge in [-0.1, -0.05) is 6.07 Å². The molecule has 0 spiro atoms. The summed E-state index contributed by atoms with van der Waals surface area (Å²) in [5.41, 5.74) is 0.595. The van der Waals surface area contributed by atoms with Gasteiger partial charge >= 0.3 is 0 Å². The van der Waals surface area contributed by atoms with E-state index in [9.17, 15) is 8.78 Å². The fourth-order valence-corrected chi connectivity index (χ4v) is 1.32. The molecule has 0 fully saturated rings. The molecule has 1 heterocycles. The summed E-state index contributed by atoms with van der Waals surface area (Å²) in [5.74, 6) is -0.592. The van der Waals surface area contributed by atoms with E-state index in [0.717, 1.165) is 6.33 Å². The second kappa shape index (κ2) is 4.22. The first-order chi connectivity index (χ1) is 7.66. The summed E-state index contributed by atoms with van der Waals surface area (Å²) in [6.45, 7) is 0. The Morgan fingerprint density at radius 2 is 1.94 bits per heavy atom. The fourth-order valence-electron chi connectivity index (χ4n) is 1.32. The van der Waals surface area contributed by atoms with Gasteiger partial charge in [-0.25, -0.2) is 14.4 Å². The van der Waals surface area contributed by atoms with Gasteiger partial charge in [-0.15, -0.1) is 0 Å². The minimum absolute atomic E-state index is 0.348. The molecule has 0 amide bonds. The minimum Gasteiger partial charge on any atom is -0.329 e. The van der Waals surface area contributed by atoms with Crippen molar-refractivity contribution in [2.75, 3.05) is 11.9 Å². The molecule has 1 aromatic carbocycles. The minimum atomic E-state index is -0.617. The number of rotatable bonds is 2. The van der Waals surface area contributed by atoms with Gasteiger partial charge in [-0.3, -0.25) is 0 Å². The third-order valence-electron chi connectivity index (χ3n) is 2.16. The normalized spacial score (nSPS) is 10.2. The lowest BCUT2D eigenvalue weighted by atomic mass is 10.3. The summed E-state index contributed by atoms with van der Waals surface area (Å²) in [6.07, 6.45) is 1.13. The summed E-state index contributed by atoms with van der Waals surface area (Å²) < 4.78 is 25.9. The predicted molar refractivity (Wildman–Crippen MR) is 56.5 cm³/mol. The molecule has 1 aromatic heterocycles. The van der Waals surface area contributed by atoms with E-state index in [0.29, 0.717) is 11.5 Å². The highest BCUT2D eigenvalue weighted by atomic mass is 19.1. The van der Waals surface area contributed by atoms with Gasteiger partial charge in [0.25, 0.3) is 0 Å². The average molecular weight is 221 g/mol. The molecule has 0 atom stereocenters. The Bertz CT molecular complexity index is 457. The van der Waals surface area contributed by atoms with Gasteiger partial charge in [0, 0.05) is 18.8 Å². The van der Waals surface area contributed by atoms with Crippen LogP contribution in [0.2, 0.25) is 0 Å². The molecule has 0 saturated heterocycles. The van der Waals surface area contributed by atoms with Gasteiger partial charge in [0.1, 0.15) is 18.0 Å². The molecule has 0 aliphatic heterocycles. The van der Waals surface area contributed by atoms with Gasteiger partial charge in [0.2, 0.25) is 5.95 Å². The third kappa shape index (κ3) is 2.13. The first kappa shape index (κ1) is 10.5. The lowest BCUT2D eigenvalue weighted by Crippen LogP contribution is -2.11. The van der Waals surface area contributed by atoms with Crippen molar-refractivity contribution in [2.24, 2.45) is 0 Å². The molecule has 82 valence electrons. The Hall–Kier alpha value is -2.04. The fraction of sp³-hybridized carbons (Fsp3) is 0.0909. The van der Waals surface area contributed by atoms with Crippen LogP contribution in [0.3, 0.4) is 0 Å². The number of nitrogens with zero attached hydrogens (tertiary/aromatic N) is 3. The Balaban J connectivity index is 2.35. The van der Waals surface area contributed by atoms with Crippen LogP contribution < -0.4 is 4.90 Å². The Labute approximate surface area is 91.4 Å². The van der Waals surface area contributed by atoms with Crippen LogP contribution in [0.15, 0.2) is 36.7 Å². The van der Waals surface area contributed by atoms with Crippen molar-refractivity contribution in [1.82, 2.24) is 9.97 Å². The Morgan fingerprint density at radius 3 is 2.62 bits per heavy atom. The number of halogens is 2. The molecule has 0 bridgehead atoms. The zero-order valence-corrected chi connectivity index (χ0v) is 8.56. The maximum Gasteiger partial charge on any atom is 0.218 e. The maximum absolute atomic E-state index is 13.0. The van der Waals surface area contributed by atoms with Crippen LogP contribution in [0.5, 0.6) is 0 Å². The van der Waals surface area contributed by atoms with Crippen LogP contribution in [0.4, 0.5) is 20.3 Å². The van der Waals surface area contributed by atoms with Crippen molar-refractivity contribution in [1.29, 1.82) is 0 Å². The van der Waals surface area contributed by atoms with Crippen LogP contribution in [0.1, 0.15) is 0 Å². The molecule has 5 heteroatoms. The molecule has 2 aromatic rings. The van der Waals surface area contributed by atoms with E-state index in [2.05, 4.69) is 9.97 Å². The number of anilines is 2. The first-order valence-corrected chi connectivity index (χ1v) is 4.63. The van der Waals surface area contributed by atoms with Crippen molar-refractivity contribution >= 4 is 11.5 Å². The molecule has 0 N–H and O–H groups in total. The molecule has 0 aliphatic carbocycles. The van der Waals surface area contributed by atoms with E-state index in [4.69, 9.17) is 0 Å². The van der Waals surface area contributed by atoms with Crippen molar-refractivity contribution < 1.29 is 8.78 Å². The summed E-state index contributed by atoms with van der Waals surface area (Å²) >= 11 is 0. The standard InChI is InChI=1S/C11H9F2N3/c1-16(9-4-2-3-8(12)5-9)11-6-10(13)14-7-15-11/h2-7H,1H3. The summed E-state index contributed by atoms with van der Waals surface area (Å²) in [5, 5.41) is 0. The van der Waals surface area contributed by atoms with Crippen LogP contribution in [-0.2, 0) is 0 Å². The van der Waals surface area contributed by atoms with Gasteiger partial charge in [0.15, 0.2) is 0 Å². The van der Waals surface area contributed by atoms with E-state index in [1.807, 2.05) is 0 Å². The molecule has 0 radical (unpaired) electrons. The van der Waals surface area contributed by atoms with Crippen molar-refractivity contribution in [2.45, 2.75) is 0 Å².